The van der Waals surface area contributed by atoms with Crippen LogP contribution in [0.4, 0.5) is 0 Å². The number of nitrogens with zero attached hydrogens (tertiary/aromatic N) is 3. The van der Waals surface area contributed by atoms with E-state index in [1.807, 2.05) is 11.1 Å². The topological polar surface area (TPSA) is 77.7 Å². The lowest BCUT2D eigenvalue weighted by Gasteiger charge is -2.32. The Bertz CT molecular complexity index is 1000. The Hall–Kier alpha value is -2.89. The van der Waals surface area contributed by atoms with Gasteiger partial charge >= 0.3 is 0 Å². The van der Waals surface area contributed by atoms with Crippen molar-refractivity contribution in [3.63, 3.8) is 0 Å². The number of carbonyl (C=O) groups excluding carboxylic acids is 1. The molecule has 2 N–H and O–H groups in total. The lowest BCUT2D eigenvalue weighted by molar-refractivity contribution is 0.0699. The summed E-state index contributed by atoms with van der Waals surface area (Å²) >= 11 is 0. The highest BCUT2D eigenvalue weighted by Crippen LogP contribution is 2.34. The first-order chi connectivity index (χ1) is 13.7. The summed E-state index contributed by atoms with van der Waals surface area (Å²) in [5.74, 6) is 0.337. The number of nitrogens with one attached hydrogen (secondary N) is 2. The van der Waals surface area contributed by atoms with Gasteiger partial charge in [-0.25, -0.2) is 0 Å². The van der Waals surface area contributed by atoms with Gasteiger partial charge in [0, 0.05) is 41.5 Å². The van der Waals surface area contributed by atoms with Crippen LogP contribution in [0.25, 0.3) is 11.1 Å². The molecular weight excluding hydrogens is 350 g/mol. The fourth-order valence-electron chi connectivity index (χ4n) is 4.61. The van der Waals surface area contributed by atoms with Gasteiger partial charge in [-0.2, -0.15) is 10.2 Å². The van der Waals surface area contributed by atoms with E-state index in [2.05, 4.69) is 51.6 Å². The monoisotopic (exact) mass is 375 g/mol. The minimum absolute atomic E-state index is 0.0699. The maximum atomic E-state index is 13.1. The van der Waals surface area contributed by atoms with Crippen LogP contribution in [0, 0.1) is 6.92 Å². The summed E-state index contributed by atoms with van der Waals surface area (Å²) in [6, 6.07) is 8.53. The van der Waals surface area contributed by atoms with E-state index < -0.39 is 0 Å². The molecule has 0 saturated carbocycles. The first-order valence-corrected chi connectivity index (χ1v) is 10.2. The van der Waals surface area contributed by atoms with Crippen molar-refractivity contribution in [1.82, 2.24) is 25.3 Å². The third-order valence-electron chi connectivity index (χ3n) is 6.16. The quantitative estimate of drug-likeness (QED) is 0.734. The maximum absolute atomic E-state index is 13.1. The number of aryl methyl sites for hydroxylation is 2. The van der Waals surface area contributed by atoms with Gasteiger partial charge in [0.15, 0.2) is 5.69 Å². The molecule has 0 spiro atoms. The lowest BCUT2D eigenvalue weighted by Crippen LogP contribution is -2.39. The number of hydrogen-bond acceptors (Lipinski definition) is 3. The van der Waals surface area contributed by atoms with Crippen molar-refractivity contribution in [3.05, 3.63) is 58.7 Å². The minimum atomic E-state index is 0.0699. The standard InChI is InChI=1S/C22H25N5O/c1-14-7-9-15(10-8-14)18-12-23-25-20(18)16-4-3-11-27(13-16)22(28)21-17-5-2-6-19(17)24-26-21/h7-10,12,16H,2-6,11,13H2,1H3,(H,23,25)(H,24,26)/t16-/m0/s1. The van der Waals surface area contributed by atoms with E-state index in [4.69, 9.17) is 0 Å². The molecule has 1 aromatic carbocycles. The largest absolute Gasteiger partial charge is 0.337 e. The Labute approximate surface area is 164 Å². The van der Waals surface area contributed by atoms with Gasteiger partial charge < -0.3 is 4.90 Å². The number of aromatic nitrogens is 4. The fraction of sp³-hybridized carbons (Fsp3) is 0.409. The molecule has 0 bridgehead atoms. The van der Waals surface area contributed by atoms with E-state index in [1.165, 1.54) is 11.1 Å². The summed E-state index contributed by atoms with van der Waals surface area (Å²) in [6.07, 6.45) is 7.04. The zero-order valence-electron chi connectivity index (χ0n) is 16.2. The molecule has 1 amide bonds. The zero-order chi connectivity index (χ0) is 19.1. The summed E-state index contributed by atoms with van der Waals surface area (Å²) in [7, 11) is 0. The number of likely N-dealkylation sites (tertiary alicyclic amines) is 1. The molecule has 2 aromatic heterocycles. The molecule has 0 radical (unpaired) electrons. The van der Waals surface area contributed by atoms with Crippen molar-refractivity contribution in [3.8, 4) is 11.1 Å². The van der Waals surface area contributed by atoms with Crippen LogP contribution in [-0.4, -0.2) is 44.3 Å². The highest BCUT2D eigenvalue weighted by Gasteiger charge is 2.31. The number of benzene rings is 1. The maximum Gasteiger partial charge on any atom is 0.274 e. The summed E-state index contributed by atoms with van der Waals surface area (Å²) in [5.41, 5.74) is 7.60. The smallest absolute Gasteiger partial charge is 0.274 e. The Morgan fingerprint density at radius 3 is 2.86 bits per heavy atom. The van der Waals surface area contributed by atoms with Crippen LogP contribution in [0.5, 0.6) is 0 Å². The predicted octanol–water partition coefficient (Wildman–Crippen LogP) is 3.62. The number of aromatic amines is 2. The number of H-pyrrole nitrogens is 2. The highest BCUT2D eigenvalue weighted by atomic mass is 16.2. The van der Waals surface area contributed by atoms with Crippen LogP contribution < -0.4 is 0 Å². The third kappa shape index (κ3) is 2.93. The molecule has 6 heteroatoms. The van der Waals surface area contributed by atoms with E-state index >= 15 is 0 Å². The van der Waals surface area contributed by atoms with Gasteiger partial charge in [0.25, 0.3) is 5.91 Å². The average molecular weight is 375 g/mol. The fourth-order valence-corrected chi connectivity index (χ4v) is 4.61. The van der Waals surface area contributed by atoms with Crippen molar-refractivity contribution in [2.24, 2.45) is 0 Å². The first kappa shape index (κ1) is 17.2. The Morgan fingerprint density at radius 1 is 1.14 bits per heavy atom. The normalized spacial score (nSPS) is 19.0. The molecule has 1 atom stereocenters. The molecule has 5 rings (SSSR count). The molecule has 1 aliphatic heterocycles. The number of carbonyl (C=O) groups is 1. The molecule has 1 fully saturated rings. The van der Waals surface area contributed by atoms with E-state index in [0.29, 0.717) is 12.2 Å². The average Bonchev–Trinajstić information content (AvgIpc) is 3.45. The number of rotatable bonds is 3. The van der Waals surface area contributed by atoms with Crippen LogP contribution in [0.3, 0.4) is 0 Å². The summed E-state index contributed by atoms with van der Waals surface area (Å²) in [6.45, 7) is 3.60. The molecule has 144 valence electrons. The molecule has 1 aliphatic carbocycles. The molecule has 2 aliphatic rings. The van der Waals surface area contributed by atoms with Crippen molar-refractivity contribution >= 4 is 5.91 Å². The molecular formula is C22H25N5O. The lowest BCUT2D eigenvalue weighted by atomic mass is 9.90. The van der Waals surface area contributed by atoms with Gasteiger partial charge in [-0.05, 0) is 44.6 Å². The predicted molar refractivity (Wildman–Crippen MR) is 107 cm³/mol. The second-order valence-corrected chi connectivity index (χ2v) is 8.04. The van der Waals surface area contributed by atoms with Crippen LogP contribution in [-0.2, 0) is 12.8 Å². The van der Waals surface area contributed by atoms with Gasteiger partial charge in [-0.3, -0.25) is 15.0 Å². The highest BCUT2D eigenvalue weighted by molar-refractivity contribution is 5.94. The molecule has 1 saturated heterocycles. The SMILES string of the molecule is Cc1ccc(-c2cn[nH]c2[C@H]2CCCN(C(=O)c3n[nH]c4c3CCC4)C2)cc1. The second-order valence-electron chi connectivity index (χ2n) is 8.04. The van der Waals surface area contributed by atoms with Crippen LogP contribution >= 0.6 is 0 Å². The summed E-state index contributed by atoms with van der Waals surface area (Å²) < 4.78 is 0. The third-order valence-corrected chi connectivity index (χ3v) is 6.16. The van der Waals surface area contributed by atoms with Crippen molar-refractivity contribution in [2.75, 3.05) is 13.1 Å². The van der Waals surface area contributed by atoms with E-state index in [0.717, 1.165) is 61.2 Å². The number of fused-ring (bicyclic) bond motifs is 1. The molecule has 28 heavy (non-hydrogen) atoms. The van der Waals surface area contributed by atoms with Gasteiger partial charge in [0.05, 0.1) is 6.20 Å². The van der Waals surface area contributed by atoms with Crippen LogP contribution in [0.2, 0.25) is 0 Å². The van der Waals surface area contributed by atoms with E-state index in [9.17, 15) is 4.79 Å². The van der Waals surface area contributed by atoms with Gasteiger partial charge in [0.1, 0.15) is 0 Å². The Kier molecular flexibility index (Phi) is 4.26. The van der Waals surface area contributed by atoms with Crippen molar-refractivity contribution < 1.29 is 4.79 Å². The molecule has 6 nitrogen and oxygen atoms in total. The van der Waals surface area contributed by atoms with Gasteiger partial charge in [0.2, 0.25) is 0 Å². The van der Waals surface area contributed by atoms with Gasteiger partial charge in [-0.15, -0.1) is 0 Å². The molecule has 0 unspecified atom stereocenters. The minimum Gasteiger partial charge on any atom is -0.337 e. The van der Waals surface area contributed by atoms with Crippen LogP contribution in [0.15, 0.2) is 30.5 Å². The number of amides is 1. The number of piperidine rings is 1. The molecule has 3 aromatic rings. The Balaban J connectivity index is 1.39. The Morgan fingerprint density at radius 2 is 2.00 bits per heavy atom. The second kappa shape index (κ2) is 6.93. The van der Waals surface area contributed by atoms with Gasteiger partial charge in [-0.1, -0.05) is 29.8 Å². The van der Waals surface area contributed by atoms with Crippen molar-refractivity contribution in [1.29, 1.82) is 0 Å². The number of hydrogen-bond donors (Lipinski definition) is 2. The summed E-state index contributed by atoms with van der Waals surface area (Å²) in [5, 5.41) is 14.9. The van der Waals surface area contributed by atoms with E-state index in [1.54, 1.807) is 0 Å². The van der Waals surface area contributed by atoms with E-state index in [-0.39, 0.29) is 11.8 Å². The first-order valence-electron chi connectivity index (χ1n) is 10.2. The zero-order valence-corrected chi connectivity index (χ0v) is 16.2. The van der Waals surface area contributed by atoms with Crippen molar-refractivity contribution in [2.45, 2.75) is 44.9 Å². The molecule has 3 heterocycles. The van der Waals surface area contributed by atoms with Crippen LogP contribution in [0.1, 0.15) is 58.2 Å². The summed E-state index contributed by atoms with van der Waals surface area (Å²) in [4.78, 5) is 15.1.